The van der Waals surface area contributed by atoms with Gasteiger partial charge in [-0.05, 0) is 64.0 Å². The maximum atomic E-state index is 14.8. The minimum absolute atomic E-state index is 0.0437. The van der Waals surface area contributed by atoms with Crippen molar-refractivity contribution in [3.05, 3.63) is 99.8 Å². The number of rotatable bonds is 11. The van der Waals surface area contributed by atoms with Crippen LogP contribution in [0.3, 0.4) is 0 Å². The fourth-order valence-corrected chi connectivity index (χ4v) is 5.46. The van der Waals surface area contributed by atoms with Crippen LogP contribution in [0, 0.1) is 5.82 Å². The Balaban J connectivity index is 1.61. The van der Waals surface area contributed by atoms with Gasteiger partial charge in [-0.1, -0.05) is 81.3 Å². The summed E-state index contributed by atoms with van der Waals surface area (Å²) in [4.78, 5) is 28.9. The van der Waals surface area contributed by atoms with E-state index in [9.17, 15) is 14.0 Å². The third-order valence-electron chi connectivity index (χ3n) is 7.24. The molecule has 1 saturated carbocycles. The first kappa shape index (κ1) is 28.8. The van der Waals surface area contributed by atoms with Gasteiger partial charge in [-0.15, -0.1) is 0 Å². The average molecular weight is 596 g/mol. The van der Waals surface area contributed by atoms with Gasteiger partial charge in [-0.2, -0.15) is 0 Å². The van der Waals surface area contributed by atoms with Crippen molar-refractivity contribution >= 4 is 27.7 Å². The van der Waals surface area contributed by atoms with Gasteiger partial charge in [0.2, 0.25) is 5.91 Å². The van der Waals surface area contributed by atoms with Crippen molar-refractivity contribution < 1.29 is 18.7 Å². The molecule has 0 aromatic heterocycles. The van der Waals surface area contributed by atoms with Crippen LogP contribution in [-0.2, 0) is 22.6 Å². The molecule has 5 nitrogen and oxygen atoms in total. The zero-order valence-electron chi connectivity index (χ0n) is 22.5. The second kappa shape index (κ2) is 13.7. The molecule has 0 saturated heterocycles. The van der Waals surface area contributed by atoms with Gasteiger partial charge >= 0.3 is 0 Å². The number of hydrogen-bond donors (Lipinski definition) is 1. The Morgan fingerprint density at radius 3 is 2.38 bits per heavy atom. The van der Waals surface area contributed by atoms with E-state index < -0.39 is 11.9 Å². The number of halogens is 2. The van der Waals surface area contributed by atoms with Gasteiger partial charge in [-0.3, -0.25) is 9.59 Å². The van der Waals surface area contributed by atoms with Gasteiger partial charge < -0.3 is 15.0 Å². The normalized spacial score (nSPS) is 14.3. The molecule has 0 aliphatic heterocycles. The van der Waals surface area contributed by atoms with Gasteiger partial charge in [0.15, 0.2) is 6.61 Å². The lowest BCUT2D eigenvalue weighted by Crippen LogP contribution is -2.53. The summed E-state index contributed by atoms with van der Waals surface area (Å²) in [7, 11) is 0. The molecular formula is C32H36BrFN2O3. The van der Waals surface area contributed by atoms with Crippen molar-refractivity contribution in [2.24, 2.45) is 0 Å². The highest BCUT2D eigenvalue weighted by atomic mass is 79.9. The molecule has 1 fully saturated rings. The first-order valence-electron chi connectivity index (χ1n) is 13.6. The number of benzene rings is 3. The molecule has 7 heteroatoms. The molecule has 1 aliphatic rings. The van der Waals surface area contributed by atoms with E-state index in [1.165, 1.54) is 11.0 Å². The number of carbonyl (C=O) groups is 2. The van der Waals surface area contributed by atoms with Crippen LogP contribution in [0.1, 0.15) is 62.1 Å². The third kappa shape index (κ3) is 7.91. The molecule has 0 spiro atoms. The molecule has 0 heterocycles. The molecule has 3 aromatic rings. The lowest BCUT2D eigenvalue weighted by Gasteiger charge is -2.32. The van der Waals surface area contributed by atoms with Crippen LogP contribution in [0.2, 0.25) is 0 Å². The number of carbonyl (C=O) groups excluding carboxylic acids is 2. The lowest BCUT2D eigenvalue weighted by atomic mass is 10.0. The number of nitrogens with zero attached hydrogens (tertiary/aromatic N) is 1. The first-order chi connectivity index (χ1) is 18.8. The standard InChI is InChI=1S/C32H36BrFN2O3/c1-22(2)24-16-17-30(27(33)19-24)39-21-31(37)36(20-25-12-6-9-15-28(25)34)29(18-23-10-4-3-5-11-23)32(38)35-26-13-7-8-14-26/h3-6,9-12,15-17,19,22,26,29H,7-8,13-14,18,20-21H2,1-2H3,(H,35,38)/t29-/m0/s1. The minimum Gasteiger partial charge on any atom is -0.483 e. The van der Waals surface area contributed by atoms with E-state index in [0.29, 0.717) is 23.7 Å². The fraction of sp³-hybridized carbons (Fsp3) is 0.375. The van der Waals surface area contributed by atoms with E-state index in [0.717, 1.165) is 41.3 Å². The third-order valence-corrected chi connectivity index (χ3v) is 7.86. The molecule has 1 N–H and O–H groups in total. The maximum Gasteiger partial charge on any atom is 0.261 e. The topological polar surface area (TPSA) is 58.6 Å². The summed E-state index contributed by atoms with van der Waals surface area (Å²) in [6.45, 7) is 3.89. The molecule has 1 atom stereocenters. The Morgan fingerprint density at radius 1 is 1.03 bits per heavy atom. The van der Waals surface area contributed by atoms with Gasteiger partial charge in [0.05, 0.1) is 4.47 Å². The molecule has 0 radical (unpaired) electrons. The van der Waals surface area contributed by atoms with Gasteiger partial charge in [0, 0.05) is 24.6 Å². The van der Waals surface area contributed by atoms with Crippen LogP contribution in [0.25, 0.3) is 0 Å². The van der Waals surface area contributed by atoms with E-state index in [1.54, 1.807) is 18.2 Å². The van der Waals surface area contributed by atoms with Crippen LogP contribution in [0.4, 0.5) is 4.39 Å². The molecular weight excluding hydrogens is 559 g/mol. The minimum atomic E-state index is -0.824. The summed E-state index contributed by atoms with van der Waals surface area (Å²) in [6.07, 6.45) is 4.31. The van der Waals surface area contributed by atoms with Crippen molar-refractivity contribution in [2.75, 3.05) is 6.61 Å². The highest BCUT2D eigenvalue weighted by Crippen LogP contribution is 2.29. The average Bonchev–Trinajstić information content (AvgIpc) is 3.44. The second-order valence-electron chi connectivity index (χ2n) is 10.4. The quantitative estimate of drug-likeness (QED) is 0.266. The van der Waals surface area contributed by atoms with Crippen LogP contribution in [-0.4, -0.2) is 35.4 Å². The zero-order valence-corrected chi connectivity index (χ0v) is 24.1. The van der Waals surface area contributed by atoms with Crippen molar-refractivity contribution in [3.63, 3.8) is 0 Å². The van der Waals surface area contributed by atoms with Crippen molar-refractivity contribution in [3.8, 4) is 5.75 Å². The summed E-state index contributed by atoms with van der Waals surface area (Å²) in [5.74, 6) is -0.143. The Labute approximate surface area is 238 Å². The van der Waals surface area contributed by atoms with Crippen LogP contribution < -0.4 is 10.1 Å². The molecule has 4 rings (SSSR count). The molecule has 0 unspecified atom stereocenters. The van der Waals surface area contributed by atoms with Crippen LogP contribution in [0.5, 0.6) is 5.75 Å². The van der Waals surface area contributed by atoms with Crippen LogP contribution >= 0.6 is 15.9 Å². The fourth-order valence-electron chi connectivity index (χ4n) is 4.95. The second-order valence-corrected chi connectivity index (χ2v) is 11.3. The summed E-state index contributed by atoms with van der Waals surface area (Å²) in [5.41, 5.74) is 2.41. The maximum absolute atomic E-state index is 14.8. The smallest absolute Gasteiger partial charge is 0.261 e. The van der Waals surface area contributed by atoms with Crippen molar-refractivity contribution in [1.82, 2.24) is 10.2 Å². The van der Waals surface area contributed by atoms with Crippen molar-refractivity contribution in [2.45, 2.75) is 70.5 Å². The molecule has 206 valence electrons. The van der Waals surface area contributed by atoms with Crippen molar-refractivity contribution in [1.29, 1.82) is 0 Å². The monoisotopic (exact) mass is 594 g/mol. The van der Waals surface area contributed by atoms with Gasteiger partial charge in [-0.25, -0.2) is 4.39 Å². The largest absolute Gasteiger partial charge is 0.483 e. The number of ether oxygens (including phenoxy) is 1. The Morgan fingerprint density at radius 2 is 1.72 bits per heavy atom. The number of amides is 2. The number of nitrogens with one attached hydrogen (secondary N) is 1. The molecule has 2 amide bonds. The Bertz CT molecular complexity index is 1260. The zero-order chi connectivity index (χ0) is 27.8. The Hall–Kier alpha value is -3.19. The predicted molar refractivity (Wildman–Crippen MR) is 155 cm³/mol. The Kier molecular flexibility index (Phi) is 10.2. The van der Waals surface area contributed by atoms with E-state index in [4.69, 9.17) is 4.74 Å². The molecule has 3 aromatic carbocycles. The predicted octanol–water partition coefficient (Wildman–Crippen LogP) is 6.79. The molecule has 39 heavy (non-hydrogen) atoms. The lowest BCUT2D eigenvalue weighted by molar-refractivity contribution is -0.143. The molecule has 0 bridgehead atoms. The van der Waals surface area contributed by atoms with Crippen LogP contribution in [0.15, 0.2) is 77.3 Å². The highest BCUT2D eigenvalue weighted by Gasteiger charge is 2.33. The molecule has 1 aliphatic carbocycles. The summed E-state index contributed by atoms with van der Waals surface area (Å²) >= 11 is 3.55. The highest BCUT2D eigenvalue weighted by molar-refractivity contribution is 9.10. The summed E-state index contributed by atoms with van der Waals surface area (Å²) in [6, 6.07) is 21.0. The summed E-state index contributed by atoms with van der Waals surface area (Å²) in [5, 5.41) is 3.16. The van der Waals surface area contributed by atoms with E-state index in [-0.39, 0.29) is 31.0 Å². The first-order valence-corrected chi connectivity index (χ1v) is 14.4. The number of hydrogen-bond acceptors (Lipinski definition) is 3. The van der Waals surface area contributed by atoms with Gasteiger partial charge in [0.25, 0.3) is 5.91 Å². The van der Waals surface area contributed by atoms with Gasteiger partial charge in [0.1, 0.15) is 17.6 Å². The van der Waals surface area contributed by atoms with E-state index in [2.05, 4.69) is 35.1 Å². The SMILES string of the molecule is CC(C)c1ccc(OCC(=O)N(Cc2ccccc2F)[C@@H](Cc2ccccc2)C(=O)NC2CCCC2)c(Br)c1. The van der Waals surface area contributed by atoms with E-state index >= 15 is 0 Å². The summed E-state index contributed by atoms with van der Waals surface area (Å²) < 4.78 is 21.4. The van der Waals surface area contributed by atoms with E-state index in [1.807, 2.05) is 48.5 Å².